The minimum absolute atomic E-state index is 0.0428. The van der Waals surface area contributed by atoms with Gasteiger partial charge in [-0.25, -0.2) is 0 Å². The van der Waals surface area contributed by atoms with Gasteiger partial charge in [-0.15, -0.1) is 0 Å². The van der Waals surface area contributed by atoms with Gasteiger partial charge in [-0.1, -0.05) is 12.1 Å². The molecule has 0 saturated heterocycles. The Kier molecular flexibility index (Phi) is 3.48. The third-order valence-corrected chi connectivity index (χ3v) is 2.02. The molecule has 1 unspecified atom stereocenters. The molecule has 1 aromatic rings. The lowest BCUT2D eigenvalue weighted by molar-refractivity contribution is -0.137. The van der Waals surface area contributed by atoms with Crippen molar-refractivity contribution in [3.8, 4) is 0 Å². The number of anilines is 1. The van der Waals surface area contributed by atoms with E-state index in [0.29, 0.717) is 0 Å². The van der Waals surface area contributed by atoms with E-state index in [4.69, 9.17) is 10.8 Å². The Morgan fingerprint density at radius 2 is 2.07 bits per heavy atom. The average molecular weight is 194 g/mol. The molecule has 1 atom stereocenters. The molecule has 1 aromatic carbocycles. The first kappa shape index (κ1) is 10.5. The second-order valence-corrected chi connectivity index (χ2v) is 3.08. The Morgan fingerprint density at radius 1 is 1.50 bits per heavy atom. The predicted molar refractivity (Wildman–Crippen MR) is 55.2 cm³/mol. The number of carboxylic acids is 1. The maximum Gasteiger partial charge on any atom is 0.305 e. The summed E-state index contributed by atoms with van der Waals surface area (Å²) >= 11 is 0. The molecule has 0 aliphatic rings. The quantitative estimate of drug-likeness (QED) is 0.673. The molecule has 0 heterocycles. The molecule has 0 radical (unpaired) electrons. The van der Waals surface area contributed by atoms with E-state index in [9.17, 15) is 4.79 Å². The molecule has 0 aliphatic heterocycles. The van der Waals surface area contributed by atoms with Gasteiger partial charge in [0.15, 0.2) is 0 Å². The van der Waals surface area contributed by atoms with E-state index in [1.807, 2.05) is 31.3 Å². The zero-order chi connectivity index (χ0) is 10.6. The van der Waals surface area contributed by atoms with Crippen LogP contribution in [0, 0.1) is 0 Å². The normalized spacial score (nSPS) is 12.1. The van der Waals surface area contributed by atoms with Gasteiger partial charge in [0.25, 0.3) is 0 Å². The fraction of sp³-hybridized carbons (Fsp3) is 0.300. The van der Waals surface area contributed by atoms with E-state index in [0.717, 1.165) is 11.3 Å². The molecule has 76 valence electrons. The summed E-state index contributed by atoms with van der Waals surface area (Å²) in [6.45, 7) is 0. The third-order valence-electron chi connectivity index (χ3n) is 2.02. The SMILES string of the molecule is CNc1ccc(C(N)CC(=O)O)cc1. The first-order valence-electron chi connectivity index (χ1n) is 4.38. The van der Waals surface area contributed by atoms with Crippen molar-refractivity contribution in [2.45, 2.75) is 12.5 Å². The van der Waals surface area contributed by atoms with Crippen molar-refractivity contribution in [1.82, 2.24) is 0 Å². The van der Waals surface area contributed by atoms with E-state index in [2.05, 4.69) is 5.32 Å². The lowest BCUT2D eigenvalue weighted by Gasteiger charge is -2.09. The van der Waals surface area contributed by atoms with Crippen LogP contribution < -0.4 is 11.1 Å². The molecule has 4 heteroatoms. The van der Waals surface area contributed by atoms with E-state index >= 15 is 0 Å². The van der Waals surface area contributed by atoms with Crippen molar-refractivity contribution in [2.24, 2.45) is 5.73 Å². The second kappa shape index (κ2) is 4.62. The Labute approximate surface area is 82.7 Å². The van der Waals surface area contributed by atoms with Crippen LogP contribution in [0.2, 0.25) is 0 Å². The van der Waals surface area contributed by atoms with Crippen molar-refractivity contribution in [1.29, 1.82) is 0 Å². The van der Waals surface area contributed by atoms with Crippen LogP contribution in [0.25, 0.3) is 0 Å². The molecule has 14 heavy (non-hydrogen) atoms. The smallest absolute Gasteiger partial charge is 0.305 e. The van der Waals surface area contributed by atoms with Crippen LogP contribution in [0.5, 0.6) is 0 Å². The first-order chi connectivity index (χ1) is 6.63. The minimum Gasteiger partial charge on any atom is -0.481 e. The maximum atomic E-state index is 10.4. The number of carbonyl (C=O) groups is 1. The van der Waals surface area contributed by atoms with Crippen LogP contribution in [0.3, 0.4) is 0 Å². The fourth-order valence-electron chi connectivity index (χ4n) is 1.20. The van der Waals surface area contributed by atoms with Gasteiger partial charge < -0.3 is 16.2 Å². The highest BCUT2D eigenvalue weighted by molar-refractivity contribution is 5.68. The molecular formula is C10H14N2O2. The summed E-state index contributed by atoms with van der Waals surface area (Å²) in [6.07, 6.45) is -0.0428. The number of hydrogen-bond donors (Lipinski definition) is 3. The van der Waals surface area contributed by atoms with Gasteiger partial charge in [-0.05, 0) is 17.7 Å². The van der Waals surface area contributed by atoms with Crippen LogP contribution in [0.15, 0.2) is 24.3 Å². The van der Waals surface area contributed by atoms with E-state index in [1.165, 1.54) is 0 Å². The average Bonchev–Trinajstić information content (AvgIpc) is 2.17. The highest BCUT2D eigenvalue weighted by Crippen LogP contribution is 2.16. The lowest BCUT2D eigenvalue weighted by atomic mass is 10.0. The van der Waals surface area contributed by atoms with Crippen molar-refractivity contribution in [2.75, 3.05) is 12.4 Å². The van der Waals surface area contributed by atoms with Crippen molar-refractivity contribution < 1.29 is 9.90 Å². The Hall–Kier alpha value is -1.55. The van der Waals surface area contributed by atoms with Crippen LogP contribution in [0.4, 0.5) is 5.69 Å². The Morgan fingerprint density at radius 3 is 2.50 bits per heavy atom. The molecule has 0 fully saturated rings. The summed E-state index contributed by atoms with van der Waals surface area (Å²) in [7, 11) is 1.83. The zero-order valence-electron chi connectivity index (χ0n) is 8.03. The van der Waals surface area contributed by atoms with Crippen LogP contribution in [0.1, 0.15) is 18.0 Å². The van der Waals surface area contributed by atoms with Crippen LogP contribution >= 0.6 is 0 Å². The van der Waals surface area contributed by atoms with Crippen LogP contribution in [-0.4, -0.2) is 18.1 Å². The number of benzene rings is 1. The van der Waals surface area contributed by atoms with Gasteiger partial charge in [0, 0.05) is 18.8 Å². The van der Waals surface area contributed by atoms with Crippen LogP contribution in [-0.2, 0) is 4.79 Å². The standard InChI is InChI=1S/C10H14N2O2/c1-12-8-4-2-7(3-5-8)9(11)6-10(13)14/h2-5,9,12H,6,11H2,1H3,(H,13,14). The molecule has 4 N–H and O–H groups in total. The highest BCUT2D eigenvalue weighted by Gasteiger charge is 2.09. The molecule has 4 nitrogen and oxygen atoms in total. The number of nitrogens with one attached hydrogen (secondary N) is 1. The minimum atomic E-state index is -0.879. The molecule has 0 aliphatic carbocycles. The van der Waals surface area contributed by atoms with Gasteiger partial charge in [0.05, 0.1) is 6.42 Å². The van der Waals surface area contributed by atoms with Crippen molar-refractivity contribution in [3.05, 3.63) is 29.8 Å². The molecule has 0 bridgehead atoms. The summed E-state index contributed by atoms with van der Waals surface area (Å²) < 4.78 is 0. The van der Waals surface area contributed by atoms with E-state index in [1.54, 1.807) is 0 Å². The number of aliphatic carboxylic acids is 1. The maximum absolute atomic E-state index is 10.4. The molecular weight excluding hydrogens is 180 g/mol. The highest BCUT2D eigenvalue weighted by atomic mass is 16.4. The molecule has 0 saturated carbocycles. The van der Waals surface area contributed by atoms with E-state index < -0.39 is 12.0 Å². The van der Waals surface area contributed by atoms with Gasteiger partial charge >= 0.3 is 5.97 Å². The second-order valence-electron chi connectivity index (χ2n) is 3.08. The number of nitrogens with two attached hydrogens (primary N) is 1. The van der Waals surface area contributed by atoms with Gasteiger partial charge in [0.1, 0.15) is 0 Å². The van der Waals surface area contributed by atoms with Gasteiger partial charge in [-0.3, -0.25) is 4.79 Å². The monoisotopic (exact) mass is 194 g/mol. The topological polar surface area (TPSA) is 75.3 Å². The number of rotatable bonds is 4. The largest absolute Gasteiger partial charge is 0.481 e. The fourth-order valence-corrected chi connectivity index (χ4v) is 1.20. The number of carboxylic acid groups (broad SMARTS) is 1. The number of hydrogen-bond acceptors (Lipinski definition) is 3. The molecule has 0 aromatic heterocycles. The molecule has 0 spiro atoms. The van der Waals surface area contributed by atoms with Crippen molar-refractivity contribution >= 4 is 11.7 Å². The Balaban J connectivity index is 2.71. The lowest BCUT2D eigenvalue weighted by Crippen LogP contribution is -2.14. The van der Waals surface area contributed by atoms with Gasteiger partial charge in [0.2, 0.25) is 0 Å². The molecule has 1 rings (SSSR count). The van der Waals surface area contributed by atoms with Crippen molar-refractivity contribution in [3.63, 3.8) is 0 Å². The summed E-state index contributed by atoms with van der Waals surface area (Å²) in [4.78, 5) is 10.4. The Bertz CT molecular complexity index is 308. The summed E-state index contributed by atoms with van der Waals surface area (Å²) in [5, 5.41) is 11.5. The predicted octanol–water partition coefficient (Wildman–Crippen LogP) is 1.20. The van der Waals surface area contributed by atoms with Gasteiger partial charge in [-0.2, -0.15) is 0 Å². The first-order valence-corrected chi connectivity index (χ1v) is 4.38. The summed E-state index contributed by atoms with van der Waals surface area (Å²) in [5.74, 6) is -0.879. The molecule has 0 amide bonds. The summed E-state index contributed by atoms with van der Waals surface area (Å²) in [5.41, 5.74) is 7.51. The zero-order valence-corrected chi connectivity index (χ0v) is 8.03. The summed E-state index contributed by atoms with van der Waals surface area (Å²) in [6, 6.07) is 6.98. The third kappa shape index (κ3) is 2.74. The van der Waals surface area contributed by atoms with E-state index in [-0.39, 0.29) is 6.42 Å².